The van der Waals surface area contributed by atoms with E-state index >= 15 is 0 Å². The molecule has 2 rings (SSSR count). The number of aromatic nitrogens is 1. The highest BCUT2D eigenvalue weighted by atomic mass is 16.5. The van der Waals surface area contributed by atoms with Crippen LogP contribution in [0.4, 0.5) is 0 Å². The molecule has 1 aromatic carbocycles. The van der Waals surface area contributed by atoms with Crippen LogP contribution >= 0.6 is 0 Å². The molecule has 88 valence electrons. The zero-order chi connectivity index (χ0) is 12.3. The second kappa shape index (κ2) is 4.87. The molecule has 0 aliphatic carbocycles. The summed E-state index contributed by atoms with van der Waals surface area (Å²) in [7, 11) is 1.98. The number of rotatable bonds is 3. The Balaban J connectivity index is 2.30. The first-order valence-electron chi connectivity index (χ1n) is 5.61. The van der Waals surface area contributed by atoms with Crippen LogP contribution in [0.15, 0.2) is 36.4 Å². The lowest BCUT2D eigenvalue weighted by Crippen LogP contribution is -1.99. The number of esters is 1. The van der Waals surface area contributed by atoms with Crippen molar-refractivity contribution in [2.24, 2.45) is 7.05 Å². The van der Waals surface area contributed by atoms with Gasteiger partial charge in [-0.25, -0.2) is 4.79 Å². The zero-order valence-corrected chi connectivity index (χ0v) is 10.0. The van der Waals surface area contributed by atoms with E-state index in [1.54, 1.807) is 13.0 Å². The number of hydrogen-bond donors (Lipinski definition) is 0. The summed E-state index contributed by atoms with van der Waals surface area (Å²) in [5.41, 5.74) is 2.13. The molecule has 0 aliphatic rings. The summed E-state index contributed by atoms with van der Waals surface area (Å²) in [5, 5.41) is 1.17. The van der Waals surface area contributed by atoms with E-state index < -0.39 is 0 Å². The molecule has 0 radical (unpaired) electrons. The topological polar surface area (TPSA) is 31.2 Å². The van der Waals surface area contributed by atoms with E-state index in [9.17, 15) is 4.79 Å². The Morgan fingerprint density at radius 3 is 2.88 bits per heavy atom. The van der Waals surface area contributed by atoms with E-state index in [2.05, 4.69) is 12.1 Å². The Bertz CT molecular complexity index is 567. The van der Waals surface area contributed by atoms with Crippen molar-refractivity contribution >= 4 is 22.9 Å². The smallest absolute Gasteiger partial charge is 0.330 e. The SMILES string of the molecule is CCOC(=O)C=Cc1cc2ccccc2n1C. The first-order valence-corrected chi connectivity index (χ1v) is 5.61. The summed E-state index contributed by atoms with van der Waals surface area (Å²) in [4.78, 5) is 11.2. The third-order valence-corrected chi connectivity index (χ3v) is 2.67. The molecular formula is C14H15NO2. The summed E-state index contributed by atoms with van der Waals surface area (Å²) in [6.07, 6.45) is 3.23. The average Bonchev–Trinajstić information content (AvgIpc) is 2.65. The Kier molecular flexibility index (Phi) is 3.28. The number of para-hydroxylation sites is 1. The van der Waals surface area contributed by atoms with Gasteiger partial charge in [-0.3, -0.25) is 0 Å². The summed E-state index contributed by atoms with van der Waals surface area (Å²) >= 11 is 0. The van der Waals surface area contributed by atoms with Gasteiger partial charge in [0.15, 0.2) is 0 Å². The molecule has 0 unspecified atom stereocenters. The minimum Gasteiger partial charge on any atom is -0.463 e. The second-order valence-corrected chi connectivity index (χ2v) is 3.77. The molecule has 0 saturated carbocycles. The predicted molar refractivity (Wildman–Crippen MR) is 68.6 cm³/mol. The molecule has 0 spiro atoms. The van der Waals surface area contributed by atoms with Gasteiger partial charge >= 0.3 is 5.97 Å². The Morgan fingerprint density at radius 2 is 2.18 bits per heavy atom. The first-order chi connectivity index (χ1) is 8.22. The Hall–Kier alpha value is -2.03. The van der Waals surface area contributed by atoms with Gasteiger partial charge in [-0.1, -0.05) is 18.2 Å². The Labute approximate surface area is 100 Å². The molecule has 0 amide bonds. The maximum absolute atomic E-state index is 11.2. The van der Waals surface area contributed by atoms with Gasteiger partial charge in [0.05, 0.1) is 6.61 Å². The molecule has 0 saturated heterocycles. The lowest BCUT2D eigenvalue weighted by atomic mass is 10.2. The molecular weight excluding hydrogens is 214 g/mol. The number of aryl methyl sites for hydroxylation is 1. The number of carbonyl (C=O) groups is 1. The highest BCUT2D eigenvalue weighted by molar-refractivity contribution is 5.89. The molecule has 1 heterocycles. The van der Waals surface area contributed by atoms with E-state index in [0.29, 0.717) is 6.61 Å². The van der Waals surface area contributed by atoms with Crippen molar-refractivity contribution in [3.05, 3.63) is 42.1 Å². The van der Waals surface area contributed by atoms with Crippen molar-refractivity contribution in [2.45, 2.75) is 6.92 Å². The first kappa shape index (κ1) is 11.5. The molecule has 17 heavy (non-hydrogen) atoms. The summed E-state index contributed by atoms with van der Waals surface area (Å²) in [6.45, 7) is 2.20. The van der Waals surface area contributed by atoms with Gasteiger partial charge in [-0.05, 0) is 25.1 Å². The molecule has 1 aromatic heterocycles. The molecule has 0 N–H and O–H groups in total. The number of benzene rings is 1. The third kappa shape index (κ3) is 2.38. The van der Waals surface area contributed by atoms with E-state index in [1.165, 1.54) is 11.5 Å². The molecule has 0 atom stereocenters. The van der Waals surface area contributed by atoms with Gasteiger partial charge in [-0.2, -0.15) is 0 Å². The van der Waals surface area contributed by atoms with E-state index in [0.717, 1.165) is 11.2 Å². The molecule has 0 aliphatic heterocycles. The molecule has 3 nitrogen and oxygen atoms in total. The number of ether oxygens (including phenoxy) is 1. The maximum atomic E-state index is 11.2. The maximum Gasteiger partial charge on any atom is 0.330 e. The number of carbonyl (C=O) groups excluding carboxylic acids is 1. The third-order valence-electron chi connectivity index (χ3n) is 2.67. The van der Waals surface area contributed by atoms with Crippen molar-refractivity contribution < 1.29 is 9.53 Å². The van der Waals surface area contributed by atoms with Crippen LogP contribution < -0.4 is 0 Å². The van der Waals surface area contributed by atoms with Crippen LogP contribution in [0.25, 0.3) is 17.0 Å². The van der Waals surface area contributed by atoms with E-state index in [4.69, 9.17) is 4.74 Å². The van der Waals surface area contributed by atoms with Crippen LogP contribution in [0.3, 0.4) is 0 Å². The van der Waals surface area contributed by atoms with Crippen molar-refractivity contribution in [3.8, 4) is 0 Å². The van der Waals surface area contributed by atoms with Crippen molar-refractivity contribution in [2.75, 3.05) is 6.61 Å². The monoisotopic (exact) mass is 229 g/mol. The largest absolute Gasteiger partial charge is 0.463 e. The van der Waals surface area contributed by atoms with Crippen LogP contribution in [-0.4, -0.2) is 17.1 Å². The standard InChI is InChI=1S/C14H15NO2/c1-3-17-14(16)9-8-12-10-11-6-4-5-7-13(11)15(12)2/h4-10H,3H2,1-2H3. The fraction of sp³-hybridized carbons (Fsp3) is 0.214. The van der Waals surface area contributed by atoms with Crippen LogP contribution in [0, 0.1) is 0 Å². The minimum atomic E-state index is -0.308. The fourth-order valence-corrected chi connectivity index (χ4v) is 1.81. The van der Waals surface area contributed by atoms with Gasteiger partial charge in [0, 0.05) is 29.7 Å². The van der Waals surface area contributed by atoms with E-state index in [1.807, 2.05) is 29.8 Å². The summed E-state index contributed by atoms with van der Waals surface area (Å²) in [5.74, 6) is -0.308. The summed E-state index contributed by atoms with van der Waals surface area (Å²) < 4.78 is 6.89. The lowest BCUT2D eigenvalue weighted by Gasteiger charge is -1.99. The minimum absolute atomic E-state index is 0.308. The predicted octanol–water partition coefficient (Wildman–Crippen LogP) is 2.75. The lowest BCUT2D eigenvalue weighted by molar-refractivity contribution is -0.137. The van der Waals surface area contributed by atoms with Crippen molar-refractivity contribution in [1.82, 2.24) is 4.57 Å². The number of hydrogen-bond acceptors (Lipinski definition) is 2. The van der Waals surface area contributed by atoms with Crippen LogP contribution in [-0.2, 0) is 16.6 Å². The van der Waals surface area contributed by atoms with Crippen LogP contribution in [0.2, 0.25) is 0 Å². The number of nitrogens with zero attached hydrogens (tertiary/aromatic N) is 1. The molecule has 2 aromatic rings. The molecule has 0 bridgehead atoms. The van der Waals surface area contributed by atoms with Crippen LogP contribution in [0.5, 0.6) is 0 Å². The van der Waals surface area contributed by atoms with Gasteiger partial charge in [0.2, 0.25) is 0 Å². The van der Waals surface area contributed by atoms with Gasteiger partial charge in [-0.15, -0.1) is 0 Å². The normalized spacial score (nSPS) is 11.2. The highest BCUT2D eigenvalue weighted by Crippen LogP contribution is 2.19. The van der Waals surface area contributed by atoms with Crippen molar-refractivity contribution in [1.29, 1.82) is 0 Å². The summed E-state index contributed by atoms with van der Waals surface area (Å²) in [6, 6.07) is 10.2. The van der Waals surface area contributed by atoms with Gasteiger partial charge < -0.3 is 9.30 Å². The van der Waals surface area contributed by atoms with E-state index in [-0.39, 0.29) is 5.97 Å². The van der Waals surface area contributed by atoms with Gasteiger partial charge in [0.1, 0.15) is 0 Å². The average molecular weight is 229 g/mol. The molecule has 3 heteroatoms. The quantitative estimate of drug-likeness (QED) is 0.598. The van der Waals surface area contributed by atoms with Gasteiger partial charge in [0.25, 0.3) is 0 Å². The second-order valence-electron chi connectivity index (χ2n) is 3.77. The van der Waals surface area contributed by atoms with Crippen LogP contribution in [0.1, 0.15) is 12.6 Å². The number of fused-ring (bicyclic) bond motifs is 1. The fourth-order valence-electron chi connectivity index (χ4n) is 1.81. The van der Waals surface area contributed by atoms with Crippen molar-refractivity contribution in [3.63, 3.8) is 0 Å². The highest BCUT2D eigenvalue weighted by Gasteiger charge is 2.02. The zero-order valence-electron chi connectivity index (χ0n) is 10.0. The molecule has 0 fully saturated rings. The Morgan fingerprint density at radius 1 is 1.41 bits per heavy atom.